The van der Waals surface area contributed by atoms with E-state index in [1.54, 1.807) is 0 Å². The van der Waals surface area contributed by atoms with Crippen LogP contribution in [0.4, 0.5) is 0 Å². The van der Waals surface area contributed by atoms with Gasteiger partial charge in [-0.15, -0.1) is 0 Å². The third kappa shape index (κ3) is 0.885. The van der Waals surface area contributed by atoms with Crippen LogP contribution >= 0.6 is 0 Å². The Balaban J connectivity index is 2.16. The molecule has 2 radical (unpaired) electrons. The van der Waals surface area contributed by atoms with Crippen molar-refractivity contribution < 1.29 is 9.47 Å². The van der Waals surface area contributed by atoms with E-state index in [2.05, 4.69) is 6.92 Å². The summed E-state index contributed by atoms with van der Waals surface area (Å²) in [5.41, 5.74) is 0.0162. The Bertz CT molecular complexity index is 147. The fourth-order valence-electron chi connectivity index (χ4n) is 1.74. The average molecular weight is 138 g/mol. The highest BCUT2D eigenvalue weighted by molar-refractivity contribution is 6.11. The van der Waals surface area contributed by atoms with Gasteiger partial charge in [0.05, 0.1) is 11.7 Å². The van der Waals surface area contributed by atoms with E-state index >= 15 is 0 Å². The molecule has 2 rings (SSSR count). The van der Waals surface area contributed by atoms with Crippen molar-refractivity contribution in [3.63, 3.8) is 0 Å². The SMILES string of the molecule is [B]C1O[C@@]2(C)CCOC1C2. The molecular weight excluding hydrogens is 127 g/mol. The van der Waals surface area contributed by atoms with Crippen LogP contribution in [-0.2, 0) is 9.47 Å². The molecular formula is C7H11BO2. The fourth-order valence-corrected chi connectivity index (χ4v) is 1.74. The predicted octanol–water partition coefficient (Wildman–Crippen LogP) is 0.449. The molecule has 0 aromatic rings. The van der Waals surface area contributed by atoms with E-state index in [9.17, 15) is 0 Å². The highest BCUT2D eigenvalue weighted by Crippen LogP contribution is 2.37. The van der Waals surface area contributed by atoms with Crippen molar-refractivity contribution in [3.8, 4) is 0 Å². The van der Waals surface area contributed by atoms with Gasteiger partial charge in [-0.25, -0.2) is 0 Å². The number of rotatable bonds is 0. The molecule has 0 aliphatic carbocycles. The van der Waals surface area contributed by atoms with Crippen LogP contribution in [0.25, 0.3) is 0 Å². The monoisotopic (exact) mass is 138 g/mol. The molecule has 2 aliphatic heterocycles. The van der Waals surface area contributed by atoms with Crippen LogP contribution in [0.15, 0.2) is 0 Å². The molecule has 0 aromatic heterocycles. The Labute approximate surface area is 62.3 Å². The molecule has 2 fully saturated rings. The largest absolute Gasteiger partial charge is 0.379 e. The molecule has 0 N–H and O–H groups in total. The highest BCUT2D eigenvalue weighted by atomic mass is 16.6. The minimum absolute atomic E-state index is 0.0162. The van der Waals surface area contributed by atoms with E-state index in [1.807, 2.05) is 0 Å². The van der Waals surface area contributed by atoms with Crippen LogP contribution in [0.5, 0.6) is 0 Å². The van der Waals surface area contributed by atoms with Gasteiger partial charge in [0.1, 0.15) is 7.85 Å². The van der Waals surface area contributed by atoms with Crippen LogP contribution in [-0.4, -0.2) is 32.2 Å². The molecule has 2 aliphatic rings. The van der Waals surface area contributed by atoms with Gasteiger partial charge in [-0.1, -0.05) is 0 Å². The van der Waals surface area contributed by atoms with Crippen LogP contribution < -0.4 is 0 Å². The van der Waals surface area contributed by atoms with E-state index in [0.717, 1.165) is 19.4 Å². The maximum Gasteiger partial charge on any atom is 0.112 e. The Morgan fingerprint density at radius 2 is 2.40 bits per heavy atom. The molecule has 0 spiro atoms. The molecule has 0 amide bonds. The molecule has 0 aromatic carbocycles. The third-order valence-electron chi connectivity index (χ3n) is 2.38. The number of hydrogen-bond donors (Lipinski definition) is 0. The first-order chi connectivity index (χ1) is 4.70. The zero-order valence-electron chi connectivity index (χ0n) is 6.17. The number of fused-ring (bicyclic) bond motifs is 2. The molecule has 2 unspecified atom stereocenters. The van der Waals surface area contributed by atoms with Crippen LogP contribution in [0.1, 0.15) is 19.8 Å². The van der Waals surface area contributed by atoms with Crippen molar-refractivity contribution in [1.29, 1.82) is 0 Å². The van der Waals surface area contributed by atoms with Gasteiger partial charge < -0.3 is 9.47 Å². The summed E-state index contributed by atoms with van der Waals surface area (Å²) in [5.74, 6) is 0. The summed E-state index contributed by atoms with van der Waals surface area (Å²) in [7, 11) is 5.66. The summed E-state index contributed by atoms with van der Waals surface area (Å²) in [6, 6.07) is -0.188. The number of hydrogen-bond acceptors (Lipinski definition) is 2. The zero-order valence-corrected chi connectivity index (χ0v) is 6.17. The van der Waals surface area contributed by atoms with E-state index in [-0.39, 0.29) is 17.7 Å². The van der Waals surface area contributed by atoms with Gasteiger partial charge in [0.15, 0.2) is 0 Å². The van der Waals surface area contributed by atoms with Crippen molar-refractivity contribution >= 4 is 7.85 Å². The number of ether oxygens (including phenoxy) is 2. The topological polar surface area (TPSA) is 18.5 Å². The summed E-state index contributed by atoms with van der Waals surface area (Å²) in [5, 5.41) is 0. The summed E-state index contributed by atoms with van der Waals surface area (Å²) in [4.78, 5) is 0. The molecule has 3 atom stereocenters. The van der Waals surface area contributed by atoms with Crippen molar-refractivity contribution in [3.05, 3.63) is 0 Å². The normalized spacial score (nSPS) is 53.3. The summed E-state index contributed by atoms with van der Waals surface area (Å²) in [6.45, 7) is 2.91. The van der Waals surface area contributed by atoms with E-state index in [0.29, 0.717) is 0 Å². The lowest BCUT2D eigenvalue weighted by atomic mass is 9.89. The summed E-state index contributed by atoms with van der Waals surface area (Å²) < 4.78 is 10.9. The van der Waals surface area contributed by atoms with Crippen LogP contribution in [0.3, 0.4) is 0 Å². The standard InChI is InChI=1S/C7H11BO2/c1-7-2-3-9-5(4-7)6(8)10-7/h5-6H,2-4H2,1H3/t5?,6?,7-/m0/s1. The van der Waals surface area contributed by atoms with E-state index in [4.69, 9.17) is 17.3 Å². The average Bonchev–Trinajstić information content (AvgIpc) is 2.03. The van der Waals surface area contributed by atoms with Crippen LogP contribution in [0.2, 0.25) is 0 Å². The summed E-state index contributed by atoms with van der Waals surface area (Å²) in [6.07, 6.45) is 2.10. The predicted molar refractivity (Wildman–Crippen MR) is 38.0 cm³/mol. The second kappa shape index (κ2) is 1.99. The highest BCUT2D eigenvalue weighted by Gasteiger charge is 2.44. The molecule has 54 valence electrons. The first-order valence-corrected chi connectivity index (χ1v) is 3.75. The van der Waals surface area contributed by atoms with Gasteiger partial charge >= 0.3 is 0 Å². The molecule has 3 heteroatoms. The first kappa shape index (κ1) is 6.68. The lowest BCUT2D eigenvalue weighted by molar-refractivity contribution is -0.0123. The lowest BCUT2D eigenvalue weighted by Gasteiger charge is -2.26. The second-order valence-corrected chi connectivity index (χ2v) is 3.40. The van der Waals surface area contributed by atoms with Crippen molar-refractivity contribution in [2.45, 2.75) is 37.5 Å². The third-order valence-corrected chi connectivity index (χ3v) is 2.38. The molecule has 10 heavy (non-hydrogen) atoms. The molecule has 2 heterocycles. The van der Waals surface area contributed by atoms with Crippen molar-refractivity contribution in [2.75, 3.05) is 6.61 Å². The Hall–Kier alpha value is -0.0151. The van der Waals surface area contributed by atoms with E-state index < -0.39 is 0 Å². The Morgan fingerprint density at radius 1 is 1.60 bits per heavy atom. The Morgan fingerprint density at radius 3 is 3.00 bits per heavy atom. The molecule has 2 bridgehead atoms. The first-order valence-electron chi connectivity index (χ1n) is 3.75. The van der Waals surface area contributed by atoms with Gasteiger partial charge in [0.25, 0.3) is 0 Å². The smallest absolute Gasteiger partial charge is 0.112 e. The molecule has 2 saturated heterocycles. The van der Waals surface area contributed by atoms with Gasteiger partial charge in [0, 0.05) is 19.0 Å². The van der Waals surface area contributed by atoms with Gasteiger partial charge in [-0.2, -0.15) is 0 Å². The molecule has 2 nitrogen and oxygen atoms in total. The van der Waals surface area contributed by atoms with Crippen molar-refractivity contribution in [2.24, 2.45) is 0 Å². The Kier molecular flexibility index (Phi) is 1.33. The minimum atomic E-state index is -0.188. The maximum atomic E-state index is 5.66. The summed E-state index contributed by atoms with van der Waals surface area (Å²) >= 11 is 0. The minimum Gasteiger partial charge on any atom is -0.379 e. The van der Waals surface area contributed by atoms with Crippen LogP contribution in [0, 0.1) is 0 Å². The lowest BCUT2D eigenvalue weighted by Crippen LogP contribution is -2.31. The van der Waals surface area contributed by atoms with E-state index in [1.165, 1.54) is 0 Å². The quantitative estimate of drug-likeness (QED) is 0.452. The zero-order chi connectivity index (χ0) is 7.19. The van der Waals surface area contributed by atoms with Gasteiger partial charge in [-0.05, 0) is 13.3 Å². The van der Waals surface area contributed by atoms with Gasteiger partial charge in [-0.3, -0.25) is 0 Å². The van der Waals surface area contributed by atoms with Crippen molar-refractivity contribution in [1.82, 2.24) is 0 Å². The molecule has 0 saturated carbocycles. The fraction of sp³-hybridized carbons (Fsp3) is 1.00. The van der Waals surface area contributed by atoms with Gasteiger partial charge in [0.2, 0.25) is 0 Å². The second-order valence-electron chi connectivity index (χ2n) is 3.40. The maximum absolute atomic E-state index is 5.66.